The molecule has 1 heterocycles. The predicted octanol–water partition coefficient (Wildman–Crippen LogP) is 5.29. The van der Waals surface area contributed by atoms with Crippen LogP contribution in [-0.4, -0.2) is 66.7 Å². The van der Waals surface area contributed by atoms with Crippen LogP contribution >= 0.6 is 23.5 Å². The van der Waals surface area contributed by atoms with E-state index >= 15 is 4.39 Å². The highest BCUT2D eigenvalue weighted by atomic mass is 35.5. The van der Waals surface area contributed by atoms with E-state index in [1.165, 1.54) is 23.6 Å². The summed E-state index contributed by atoms with van der Waals surface area (Å²) < 4.78 is 34.2. The number of hydrogen-bond acceptors (Lipinski definition) is 6. The van der Waals surface area contributed by atoms with Crippen molar-refractivity contribution in [2.45, 2.75) is 36.4 Å². The molecule has 6 nitrogen and oxygen atoms in total. The van der Waals surface area contributed by atoms with Crippen LogP contribution in [0.1, 0.15) is 19.8 Å². The van der Waals surface area contributed by atoms with E-state index in [1.54, 1.807) is 20.1 Å². The van der Waals surface area contributed by atoms with Gasteiger partial charge in [-0.15, -0.1) is 0 Å². The molecule has 36 heavy (non-hydrogen) atoms. The summed E-state index contributed by atoms with van der Waals surface area (Å²) in [6.45, 7) is 2.56. The third-order valence-electron chi connectivity index (χ3n) is 6.02. The summed E-state index contributed by atoms with van der Waals surface area (Å²) in [5.41, 5.74) is 0.909. The highest BCUT2D eigenvalue weighted by molar-refractivity contribution is 7.97. The fraction of sp³-hybridized carbons (Fsp3) is 0.423. The van der Waals surface area contributed by atoms with Gasteiger partial charge in [0, 0.05) is 90.2 Å². The molecule has 1 N–H and O–H groups in total. The number of hydrogen-bond donors (Lipinski definition) is 1. The highest BCUT2D eigenvalue weighted by Crippen LogP contribution is 2.43. The molecule has 2 aromatic carbocycles. The molecule has 0 aromatic heterocycles. The van der Waals surface area contributed by atoms with Crippen LogP contribution in [0.4, 0.5) is 10.1 Å². The van der Waals surface area contributed by atoms with Crippen molar-refractivity contribution in [2.24, 2.45) is 0 Å². The molecule has 1 aliphatic heterocycles. The molecule has 2 atom stereocenters. The van der Waals surface area contributed by atoms with Crippen molar-refractivity contribution in [3.63, 3.8) is 0 Å². The van der Waals surface area contributed by atoms with Gasteiger partial charge in [-0.25, -0.2) is 8.70 Å². The Kier molecular flexibility index (Phi) is 9.86. The van der Waals surface area contributed by atoms with E-state index in [1.807, 2.05) is 49.3 Å². The van der Waals surface area contributed by atoms with Gasteiger partial charge in [-0.2, -0.15) is 0 Å². The number of anilines is 1. The van der Waals surface area contributed by atoms with E-state index in [9.17, 15) is 9.00 Å². The molecule has 1 amide bonds. The Morgan fingerprint density at radius 3 is 2.58 bits per heavy atom. The van der Waals surface area contributed by atoms with Crippen LogP contribution < -0.4 is 15.0 Å². The molecule has 0 radical (unpaired) electrons. The van der Waals surface area contributed by atoms with Crippen LogP contribution in [0.5, 0.6) is 5.75 Å². The number of alkyl halides is 1. The Morgan fingerprint density at radius 2 is 1.97 bits per heavy atom. The van der Waals surface area contributed by atoms with Crippen molar-refractivity contribution in [1.29, 1.82) is 0 Å². The monoisotopic (exact) mass is 553 g/mol. The Labute approximate surface area is 224 Å². The third kappa shape index (κ3) is 7.03. The van der Waals surface area contributed by atoms with Crippen molar-refractivity contribution in [1.82, 2.24) is 9.62 Å². The maximum Gasteiger partial charge on any atom is 0.258 e. The molecule has 3 rings (SSSR count). The first-order chi connectivity index (χ1) is 17.0. The Hall–Kier alpha value is -2.07. The fourth-order valence-electron chi connectivity index (χ4n) is 3.87. The van der Waals surface area contributed by atoms with Gasteiger partial charge >= 0.3 is 0 Å². The number of methoxy groups -OCH3 is 1. The van der Waals surface area contributed by atoms with E-state index in [4.69, 9.17) is 16.3 Å². The number of ether oxygens (including phenoxy) is 1. The van der Waals surface area contributed by atoms with Gasteiger partial charge in [0.25, 0.3) is 5.91 Å². The smallest absolute Gasteiger partial charge is 0.258 e. The molecule has 0 saturated carbocycles. The van der Waals surface area contributed by atoms with Gasteiger partial charge in [-0.05, 0) is 43.1 Å². The number of benzene rings is 2. The van der Waals surface area contributed by atoms with E-state index in [-0.39, 0.29) is 12.8 Å². The minimum atomic E-state index is -1.93. The van der Waals surface area contributed by atoms with Crippen molar-refractivity contribution < 1.29 is 18.1 Å². The number of amides is 1. The summed E-state index contributed by atoms with van der Waals surface area (Å²) in [5.74, 6) is -0.0220. The van der Waals surface area contributed by atoms with Crippen LogP contribution in [0, 0.1) is 0 Å². The first-order valence-corrected chi connectivity index (χ1v) is 14.4. The molecule has 2 aromatic rings. The Bertz CT molecular complexity index is 1140. The van der Waals surface area contributed by atoms with Crippen LogP contribution in [0.25, 0.3) is 11.1 Å². The molecule has 0 bridgehead atoms. The van der Waals surface area contributed by atoms with Gasteiger partial charge < -0.3 is 15.0 Å². The zero-order valence-electron chi connectivity index (χ0n) is 21.2. The Morgan fingerprint density at radius 1 is 1.28 bits per heavy atom. The maximum atomic E-state index is 15.5. The largest absolute Gasteiger partial charge is 0.495 e. The van der Waals surface area contributed by atoms with Crippen molar-refractivity contribution in [3.05, 3.63) is 52.9 Å². The van der Waals surface area contributed by atoms with Gasteiger partial charge in [0.05, 0.1) is 12.1 Å². The van der Waals surface area contributed by atoms with Crippen molar-refractivity contribution >= 4 is 45.9 Å². The van der Waals surface area contributed by atoms with E-state index in [0.29, 0.717) is 23.9 Å². The SMILES string of the molecule is COc1cccc(-c2cc(N(C)C)ccc2SN2CCC(F)(C(=O)NC(C)/C=C\S(C)=O)CC2)c1Cl. The highest BCUT2D eigenvalue weighted by Gasteiger charge is 2.42. The molecule has 1 fully saturated rings. The lowest BCUT2D eigenvalue weighted by Gasteiger charge is -2.35. The topological polar surface area (TPSA) is 61.9 Å². The van der Waals surface area contributed by atoms with Crippen LogP contribution in [-0.2, 0) is 15.6 Å². The summed E-state index contributed by atoms with van der Waals surface area (Å²) in [4.78, 5) is 15.6. The van der Waals surface area contributed by atoms with Gasteiger partial charge in [0.1, 0.15) is 5.75 Å². The number of nitrogens with one attached hydrogen (secondary N) is 1. The number of halogens is 2. The zero-order chi connectivity index (χ0) is 26.5. The van der Waals surface area contributed by atoms with Gasteiger partial charge in [0.2, 0.25) is 0 Å². The summed E-state index contributed by atoms with van der Waals surface area (Å²) in [7, 11) is 4.43. The first-order valence-electron chi connectivity index (χ1n) is 11.6. The van der Waals surface area contributed by atoms with Gasteiger partial charge in [-0.3, -0.25) is 9.00 Å². The summed E-state index contributed by atoms with van der Waals surface area (Å²) in [5, 5.41) is 4.70. The molecule has 196 valence electrons. The molecule has 0 spiro atoms. The second-order valence-corrected chi connectivity index (χ2v) is 11.8. The number of nitrogens with zero attached hydrogens (tertiary/aromatic N) is 2. The first kappa shape index (κ1) is 28.5. The van der Waals surface area contributed by atoms with E-state index < -0.39 is 28.4 Å². The maximum absolute atomic E-state index is 15.5. The molecule has 1 saturated heterocycles. The van der Waals surface area contributed by atoms with Gasteiger partial charge in [0.15, 0.2) is 5.67 Å². The normalized spacial score (nSPS) is 17.5. The van der Waals surface area contributed by atoms with Crippen molar-refractivity contribution in [3.8, 4) is 16.9 Å². The van der Waals surface area contributed by atoms with Crippen molar-refractivity contribution in [2.75, 3.05) is 45.5 Å². The molecule has 0 aliphatic carbocycles. The van der Waals surface area contributed by atoms with Crippen LogP contribution in [0.15, 0.2) is 52.8 Å². The summed E-state index contributed by atoms with van der Waals surface area (Å²) in [6, 6.07) is 11.5. The average Bonchev–Trinajstić information content (AvgIpc) is 2.84. The fourth-order valence-corrected chi connectivity index (χ4v) is 5.67. The minimum Gasteiger partial charge on any atom is -0.495 e. The second-order valence-electron chi connectivity index (χ2n) is 8.97. The number of rotatable bonds is 9. The summed E-state index contributed by atoms with van der Waals surface area (Å²) >= 11 is 8.20. The lowest BCUT2D eigenvalue weighted by atomic mass is 9.93. The zero-order valence-corrected chi connectivity index (χ0v) is 23.6. The molecule has 1 aliphatic rings. The van der Waals surface area contributed by atoms with Crippen LogP contribution in [0.2, 0.25) is 5.02 Å². The molecule has 10 heteroatoms. The van der Waals surface area contributed by atoms with E-state index in [0.717, 1.165) is 21.7 Å². The summed E-state index contributed by atoms with van der Waals surface area (Å²) in [6.07, 6.45) is 3.34. The third-order valence-corrected chi connectivity index (χ3v) is 8.13. The molecular weight excluding hydrogens is 521 g/mol. The number of carbonyl (C=O) groups is 1. The number of piperidine rings is 1. The standard InChI is InChI=1S/C26H33ClFN3O3S2/c1-18(11-16-36(5)33)29-25(32)26(28)12-14-31(15-13-26)35-23-10-9-19(30(2)3)17-21(23)20-7-6-8-22(34-4)24(20)27/h6-11,16-18H,12-15H2,1-5H3,(H,29,32)/b16-11-. The average molecular weight is 554 g/mol. The predicted molar refractivity (Wildman–Crippen MR) is 149 cm³/mol. The minimum absolute atomic E-state index is 0.0903. The molecular formula is C26H33ClFN3O3S2. The Balaban J connectivity index is 1.76. The van der Waals surface area contributed by atoms with Gasteiger partial charge in [-0.1, -0.05) is 29.8 Å². The lowest BCUT2D eigenvalue weighted by molar-refractivity contribution is -0.135. The quantitative estimate of drug-likeness (QED) is 0.426. The second kappa shape index (κ2) is 12.4. The lowest BCUT2D eigenvalue weighted by Crippen LogP contribution is -2.51. The molecule has 2 unspecified atom stereocenters. The van der Waals surface area contributed by atoms with E-state index in [2.05, 4.69) is 15.7 Å². The number of carbonyl (C=O) groups excluding carboxylic acids is 1. The van der Waals surface area contributed by atoms with Crippen LogP contribution in [0.3, 0.4) is 0 Å².